The molecule has 1 aromatic rings. The number of hydrogen-bond acceptors (Lipinski definition) is 1. The lowest BCUT2D eigenvalue weighted by Gasteiger charge is -2.02. The number of nitrogens with zero attached hydrogens (tertiary/aromatic N) is 1. The summed E-state index contributed by atoms with van der Waals surface area (Å²) in [7, 11) is 1.93. The molecule has 0 bridgehead atoms. The molecule has 0 radical (unpaired) electrons. The number of rotatable bonds is 4. The van der Waals surface area contributed by atoms with E-state index in [4.69, 9.17) is 0 Å². The van der Waals surface area contributed by atoms with Gasteiger partial charge in [-0.05, 0) is 6.42 Å². The number of carbonyl (C=O) groups is 1. The van der Waals surface area contributed by atoms with E-state index in [0.29, 0.717) is 0 Å². The largest absolute Gasteiger partial charge is 1.00 e. The van der Waals surface area contributed by atoms with Crippen molar-refractivity contribution >= 4 is 5.91 Å². The van der Waals surface area contributed by atoms with Crippen LogP contribution >= 0.6 is 0 Å². The Bertz CT molecular complexity index is 298. The topological polar surface area (TPSA) is 33.0 Å². The summed E-state index contributed by atoms with van der Waals surface area (Å²) >= 11 is 0. The highest BCUT2D eigenvalue weighted by Crippen LogP contribution is 1.94. The summed E-state index contributed by atoms with van der Waals surface area (Å²) in [6.45, 7) is 2.87. The second kappa shape index (κ2) is 7.62. The summed E-state index contributed by atoms with van der Waals surface area (Å²) in [5.74, 6) is 0.0130. The molecule has 1 rings (SSSR count). The third-order valence-corrected chi connectivity index (χ3v) is 2.06. The van der Waals surface area contributed by atoms with Crippen molar-refractivity contribution in [2.75, 3.05) is 6.54 Å². The number of aryl methyl sites for hydroxylation is 1. The molecule has 0 spiro atoms. The van der Waals surface area contributed by atoms with Crippen molar-refractivity contribution < 1.29 is 33.3 Å². The molecule has 0 saturated heterocycles. The number of hydrogen-bond donors (Lipinski definition) is 1. The Morgan fingerprint density at radius 3 is 2.53 bits per heavy atom. The zero-order valence-corrected chi connectivity index (χ0v) is 11.3. The second-order valence-electron chi connectivity index (χ2n) is 3.36. The van der Waals surface area contributed by atoms with Gasteiger partial charge in [-0.15, -0.1) is 0 Å². The van der Waals surface area contributed by atoms with Crippen molar-refractivity contribution in [3.05, 3.63) is 30.1 Å². The molecule has 4 heteroatoms. The third kappa shape index (κ3) is 5.11. The highest BCUT2D eigenvalue weighted by Gasteiger charge is 2.05. The number of carbonyl (C=O) groups excluding carboxylic acids is 1. The lowest BCUT2D eigenvalue weighted by molar-refractivity contribution is -0.671. The average molecular weight is 320 g/mol. The van der Waals surface area contributed by atoms with Gasteiger partial charge in [-0.3, -0.25) is 4.79 Å². The fourth-order valence-electron chi connectivity index (χ4n) is 1.13. The van der Waals surface area contributed by atoms with Crippen LogP contribution in [-0.4, -0.2) is 12.5 Å². The average Bonchev–Trinajstić information content (AvgIpc) is 2.19. The number of aromatic nitrogens is 1. The van der Waals surface area contributed by atoms with E-state index in [1.165, 1.54) is 0 Å². The van der Waals surface area contributed by atoms with Crippen LogP contribution in [0.1, 0.15) is 30.1 Å². The van der Waals surface area contributed by atoms with Crippen LogP contribution in [0.15, 0.2) is 24.5 Å². The van der Waals surface area contributed by atoms with Gasteiger partial charge >= 0.3 is 0 Å². The van der Waals surface area contributed by atoms with E-state index in [9.17, 15) is 4.79 Å². The molecule has 0 aromatic carbocycles. The molecular formula is C11H17IN2O. The minimum Gasteiger partial charge on any atom is -1.00 e. The van der Waals surface area contributed by atoms with Crippen molar-refractivity contribution in [2.45, 2.75) is 19.8 Å². The zero-order valence-electron chi connectivity index (χ0n) is 9.16. The fraction of sp³-hybridized carbons (Fsp3) is 0.455. The van der Waals surface area contributed by atoms with Crippen LogP contribution in [0.3, 0.4) is 0 Å². The normalized spacial score (nSPS) is 9.20. The molecule has 0 fully saturated rings. The maximum absolute atomic E-state index is 11.5. The summed E-state index contributed by atoms with van der Waals surface area (Å²) in [6.07, 6.45) is 5.87. The van der Waals surface area contributed by atoms with Crippen molar-refractivity contribution in [1.82, 2.24) is 5.32 Å². The first-order chi connectivity index (χ1) is 6.74. The number of pyridine rings is 1. The van der Waals surface area contributed by atoms with Gasteiger partial charge in [-0.1, -0.05) is 13.3 Å². The van der Waals surface area contributed by atoms with Gasteiger partial charge in [0.25, 0.3) is 5.91 Å². The lowest BCUT2D eigenvalue weighted by Crippen LogP contribution is -3.00. The number of nitrogens with one attached hydrogen (secondary N) is 1. The molecule has 3 nitrogen and oxygen atoms in total. The molecule has 1 heterocycles. The molecule has 1 amide bonds. The predicted octanol–water partition coefficient (Wildman–Crippen LogP) is -1.95. The summed E-state index contributed by atoms with van der Waals surface area (Å²) in [4.78, 5) is 11.5. The minimum atomic E-state index is 0. The molecule has 1 N–H and O–H groups in total. The standard InChI is InChI=1S/C11H16N2O.HI/c1-3-4-7-12-11(14)10-5-8-13(2)9-6-10;/h5-6,8-9H,3-4,7H2,1-2H3;1H. The summed E-state index contributed by atoms with van der Waals surface area (Å²) in [5.41, 5.74) is 0.721. The highest BCUT2D eigenvalue weighted by molar-refractivity contribution is 5.93. The smallest absolute Gasteiger partial charge is 0.251 e. The Morgan fingerprint density at radius 2 is 2.00 bits per heavy atom. The van der Waals surface area contributed by atoms with E-state index in [-0.39, 0.29) is 29.9 Å². The molecule has 0 unspecified atom stereocenters. The van der Waals surface area contributed by atoms with Gasteiger partial charge in [0.1, 0.15) is 7.05 Å². The highest BCUT2D eigenvalue weighted by atomic mass is 127. The summed E-state index contributed by atoms with van der Waals surface area (Å²) in [6, 6.07) is 3.64. The molecule has 84 valence electrons. The zero-order chi connectivity index (χ0) is 10.4. The van der Waals surface area contributed by atoms with E-state index >= 15 is 0 Å². The Balaban J connectivity index is 0.00000196. The molecule has 1 aromatic heterocycles. The van der Waals surface area contributed by atoms with Crippen molar-refractivity contribution in [3.8, 4) is 0 Å². The molecule has 0 atom stereocenters. The summed E-state index contributed by atoms with van der Waals surface area (Å²) < 4.78 is 1.91. The van der Waals surface area contributed by atoms with Gasteiger partial charge in [0.2, 0.25) is 0 Å². The molecule has 0 aliphatic heterocycles. The Kier molecular flexibility index (Phi) is 7.29. The molecule has 15 heavy (non-hydrogen) atoms. The van der Waals surface area contributed by atoms with E-state index in [0.717, 1.165) is 24.9 Å². The SMILES string of the molecule is CCCCNC(=O)c1cc[n+](C)cc1.[I-]. The van der Waals surface area contributed by atoms with Crippen LogP contribution in [0.2, 0.25) is 0 Å². The third-order valence-electron chi connectivity index (χ3n) is 2.06. The lowest BCUT2D eigenvalue weighted by atomic mass is 10.2. The predicted molar refractivity (Wildman–Crippen MR) is 54.9 cm³/mol. The van der Waals surface area contributed by atoms with Gasteiger partial charge in [-0.25, -0.2) is 4.57 Å². The van der Waals surface area contributed by atoms with E-state index in [1.54, 1.807) is 0 Å². The molecule has 0 saturated carbocycles. The number of unbranched alkanes of at least 4 members (excludes halogenated alkanes) is 1. The van der Waals surface area contributed by atoms with Crippen LogP contribution in [0.25, 0.3) is 0 Å². The van der Waals surface area contributed by atoms with Crippen molar-refractivity contribution in [2.24, 2.45) is 7.05 Å². The van der Waals surface area contributed by atoms with E-state index in [1.807, 2.05) is 36.1 Å². The van der Waals surface area contributed by atoms with E-state index in [2.05, 4.69) is 12.2 Å². The number of halogens is 1. The maximum Gasteiger partial charge on any atom is 0.251 e. The van der Waals surface area contributed by atoms with Crippen molar-refractivity contribution in [1.29, 1.82) is 0 Å². The van der Waals surface area contributed by atoms with Crippen LogP contribution in [-0.2, 0) is 7.05 Å². The monoisotopic (exact) mass is 320 g/mol. The fourth-order valence-corrected chi connectivity index (χ4v) is 1.13. The van der Waals surface area contributed by atoms with Crippen LogP contribution in [0.4, 0.5) is 0 Å². The maximum atomic E-state index is 11.5. The van der Waals surface area contributed by atoms with Crippen molar-refractivity contribution in [3.63, 3.8) is 0 Å². The van der Waals surface area contributed by atoms with Gasteiger partial charge < -0.3 is 29.3 Å². The van der Waals surface area contributed by atoms with Gasteiger partial charge in [0, 0.05) is 18.7 Å². The molecule has 0 aliphatic rings. The summed E-state index contributed by atoms with van der Waals surface area (Å²) in [5, 5.41) is 2.87. The Hall–Kier alpha value is -0.650. The van der Waals surface area contributed by atoms with Gasteiger partial charge in [-0.2, -0.15) is 0 Å². The van der Waals surface area contributed by atoms with Gasteiger partial charge in [0.05, 0.1) is 5.56 Å². The first kappa shape index (κ1) is 14.3. The van der Waals surface area contributed by atoms with E-state index < -0.39 is 0 Å². The quantitative estimate of drug-likeness (QED) is 0.390. The van der Waals surface area contributed by atoms with Crippen LogP contribution in [0.5, 0.6) is 0 Å². The van der Waals surface area contributed by atoms with Gasteiger partial charge in [0.15, 0.2) is 12.4 Å². The molecule has 0 aliphatic carbocycles. The van der Waals surface area contributed by atoms with Crippen LogP contribution in [0, 0.1) is 0 Å². The Labute approximate surface area is 108 Å². The van der Waals surface area contributed by atoms with Crippen LogP contribution < -0.4 is 33.9 Å². The minimum absolute atomic E-state index is 0. The first-order valence-corrected chi connectivity index (χ1v) is 4.97. The second-order valence-corrected chi connectivity index (χ2v) is 3.36. The first-order valence-electron chi connectivity index (χ1n) is 4.97. The Morgan fingerprint density at radius 1 is 1.40 bits per heavy atom. The molecular weight excluding hydrogens is 303 g/mol. The number of amides is 1.